The van der Waals surface area contributed by atoms with E-state index in [1.165, 1.54) is 42.4 Å². The number of hydrogen-bond acceptors (Lipinski definition) is 7. The van der Waals surface area contributed by atoms with Gasteiger partial charge in [0.1, 0.15) is 5.52 Å². The molecule has 2 aromatic carbocycles. The zero-order chi connectivity index (χ0) is 26.7. The Hall–Kier alpha value is -3.20. The van der Waals surface area contributed by atoms with Gasteiger partial charge in [0.2, 0.25) is 0 Å². The quantitative estimate of drug-likeness (QED) is 0.406. The van der Waals surface area contributed by atoms with Crippen LogP contribution in [0.5, 0.6) is 5.75 Å². The van der Waals surface area contributed by atoms with Crippen LogP contribution in [-0.2, 0) is 35.2 Å². The SMILES string of the molecule is CCc1cc2c(cc1CC)CC(NCC(O)c1c(C)cc(OCOC)c3c1ccc(=O)n3OC(C)=O)C2. The number of benzene rings is 2. The van der Waals surface area contributed by atoms with Gasteiger partial charge < -0.3 is 24.7 Å². The summed E-state index contributed by atoms with van der Waals surface area (Å²) in [6, 6.07) is 9.60. The Kier molecular flexibility index (Phi) is 8.32. The van der Waals surface area contributed by atoms with E-state index in [-0.39, 0.29) is 18.4 Å². The summed E-state index contributed by atoms with van der Waals surface area (Å²) in [7, 11) is 1.49. The third-order valence-electron chi connectivity index (χ3n) is 7.05. The van der Waals surface area contributed by atoms with Crippen LogP contribution in [0, 0.1) is 6.92 Å². The van der Waals surface area contributed by atoms with E-state index in [2.05, 4.69) is 31.3 Å². The highest BCUT2D eigenvalue weighted by molar-refractivity contribution is 5.90. The molecule has 0 spiro atoms. The highest BCUT2D eigenvalue weighted by Gasteiger charge is 2.25. The molecular formula is C29H36N2O6. The predicted molar refractivity (Wildman–Crippen MR) is 142 cm³/mol. The summed E-state index contributed by atoms with van der Waals surface area (Å²) in [5, 5.41) is 15.4. The summed E-state index contributed by atoms with van der Waals surface area (Å²) in [6.07, 6.45) is 3.05. The summed E-state index contributed by atoms with van der Waals surface area (Å²) >= 11 is 0. The molecule has 1 unspecified atom stereocenters. The molecule has 0 saturated carbocycles. The summed E-state index contributed by atoms with van der Waals surface area (Å²) in [6.45, 7) is 7.77. The lowest BCUT2D eigenvalue weighted by Crippen LogP contribution is -2.34. The molecule has 3 aromatic rings. The second-order valence-electron chi connectivity index (χ2n) is 9.59. The number of aromatic nitrogens is 1. The van der Waals surface area contributed by atoms with E-state index in [4.69, 9.17) is 14.3 Å². The number of methoxy groups -OCH3 is 1. The van der Waals surface area contributed by atoms with E-state index < -0.39 is 17.6 Å². The number of fused-ring (bicyclic) bond motifs is 2. The Morgan fingerprint density at radius 2 is 1.78 bits per heavy atom. The largest absolute Gasteiger partial charge is 0.465 e. The molecule has 1 aliphatic carbocycles. The van der Waals surface area contributed by atoms with Crippen molar-refractivity contribution in [3.8, 4) is 5.75 Å². The van der Waals surface area contributed by atoms with Crippen LogP contribution in [0.15, 0.2) is 35.1 Å². The molecule has 0 radical (unpaired) electrons. The topological polar surface area (TPSA) is 99.0 Å². The number of rotatable bonds is 10. The molecule has 1 aliphatic rings. The van der Waals surface area contributed by atoms with Gasteiger partial charge in [0.25, 0.3) is 5.56 Å². The Bertz CT molecular complexity index is 1330. The number of carbonyl (C=O) groups excluding carboxylic acids is 1. The van der Waals surface area contributed by atoms with Crippen LogP contribution in [0.3, 0.4) is 0 Å². The van der Waals surface area contributed by atoms with Crippen molar-refractivity contribution in [2.75, 3.05) is 20.4 Å². The Balaban J connectivity index is 1.62. The number of aliphatic hydroxyl groups is 1. The van der Waals surface area contributed by atoms with Gasteiger partial charge in [-0.05, 0) is 78.1 Å². The minimum Gasteiger partial charge on any atom is -0.465 e. The molecule has 198 valence electrons. The molecule has 1 atom stereocenters. The highest BCUT2D eigenvalue weighted by Crippen LogP contribution is 2.34. The summed E-state index contributed by atoms with van der Waals surface area (Å²) in [5.74, 6) is -0.322. The van der Waals surface area contributed by atoms with Gasteiger partial charge in [-0.25, -0.2) is 4.79 Å². The number of nitrogens with one attached hydrogen (secondary N) is 1. The number of aryl methyl sites for hydroxylation is 3. The molecule has 4 rings (SSSR count). The first kappa shape index (κ1) is 26.9. The number of nitrogens with zero attached hydrogens (tertiary/aromatic N) is 1. The van der Waals surface area contributed by atoms with Crippen LogP contribution in [0.25, 0.3) is 10.9 Å². The lowest BCUT2D eigenvalue weighted by molar-refractivity contribution is -0.141. The van der Waals surface area contributed by atoms with Crippen molar-refractivity contribution in [2.24, 2.45) is 0 Å². The fourth-order valence-corrected chi connectivity index (χ4v) is 5.38. The van der Waals surface area contributed by atoms with E-state index in [0.717, 1.165) is 36.0 Å². The minimum absolute atomic E-state index is 0.0527. The molecule has 0 bridgehead atoms. The van der Waals surface area contributed by atoms with Crippen molar-refractivity contribution < 1.29 is 24.2 Å². The van der Waals surface area contributed by atoms with Gasteiger partial charge >= 0.3 is 5.97 Å². The Labute approximate surface area is 217 Å². The number of pyridine rings is 1. The van der Waals surface area contributed by atoms with Gasteiger partial charge in [-0.2, -0.15) is 0 Å². The molecule has 0 saturated heterocycles. The standard InChI is InChI=1S/C29H36N2O6/c1-6-19-11-21-13-23(14-22(21)12-20(19)7-2)30-15-25(33)28-17(3)10-26(36-16-35-5)29-24(28)8-9-27(34)31(29)37-18(4)32/h8-12,23,25,30,33H,6-7,13-16H2,1-5H3. The van der Waals surface area contributed by atoms with Crippen LogP contribution < -0.4 is 20.5 Å². The van der Waals surface area contributed by atoms with E-state index in [1.807, 2.05) is 6.92 Å². The molecular weight excluding hydrogens is 472 g/mol. The average molecular weight is 509 g/mol. The maximum atomic E-state index is 12.6. The zero-order valence-electron chi connectivity index (χ0n) is 22.2. The lowest BCUT2D eigenvalue weighted by atomic mass is 9.96. The maximum absolute atomic E-state index is 12.6. The van der Waals surface area contributed by atoms with E-state index in [1.54, 1.807) is 12.1 Å². The van der Waals surface area contributed by atoms with Crippen LogP contribution in [0.2, 0.25) is 0 Å². The lowest BCUT2D eigenvalue weighted by Gasteiger charge is -2.22. The first-order valence-corrected chi connectivity index (χ1v) is 12.8. The zero-order valence-corrected chi connectivity index (χ0v) is 22.2. The van der Waals surface area contributed by atoms with Crippen LogP contribution in [0.4, 0.5) is 0 Å². The summed E-state index contributed by atoms with van der Waals surface area (Å²) in [4.78, 5) is 29.5. The normalized spacial score (nSPS) is 14.1. The molecule has 8 nitrogen and oxygen atoms in total. The maximum Gasteiger partial charge on any atom is 0.330 e. The van der Waals surface area contributed by atoms with E-state index in [9.17, 15) is 14.7 Å². The number of aliphatic hydroxyl groups excluding tert-OH is 1. The van der Waals surface area contributed by atoms with Gasteiger partial charge in [0, 0.05) is 38.1 Å². The van der Waals surface area contributed by atoms with Gasteiger partial charge in [0.05, 0.1) is 6.10 Å². The van der Waals surface area contributed by atoms with Crippen molar-refractivity contribution in [2.45, 2.75) is 65.5 Å². The number of carbonyl (C=O) groups is 1. The molecule has 2 N–H and O–H groups in total. The minimum atomic E-state index is -0.858. The second kappa shape index (κ2) is 11.5. The fourth-order valence-electron chi connectivity index (χ4n) is 5.38. The third kappa shape index (κ3) is 5.56. The molecule has 0 aliphatic heterocycles. The molecule has 8 heteroatoms. The van der Waals surface area contributed by atoms with Gasteiger partial charge in [-0.15, -0.1) is 4.73 Å². The molecule has 1 aromatic heterocycles. The number of hydrogen-bond donors (Lipinski definition) is 2. The monoisotopic (exact) mass is 508 g/mol. The van der Waals surface area contributed by atoms with Gasteiger partial charge in [-0.1, -0.05) is 26.0 Å². The molecule has 37 heavy (non-hydrogen) atoms. The fraction of sp³-hybridized carbons (Fsp3) is 0.448. The molecule has 0 amide bonds. The third-order valence-corrected chi connectivity index (χ3v) is 7.05. The Morgan fingerprint density at radius 1 is 1.14 bits per heavy atom. The van der Waals surface area contributed by atoms with Gasteiger partial charge in [0.15, 0.2) is 12.5 Å². The predicted octanol–water partition coefficient (Wildman–Crippen LogP) is 3.18. The second-order valence-corrected chi connectivity index (χ2v) is 9.59. The smallest absolute Gasteiger partial charge is 0.330 e. The van der Waals surface area contributed by atoms with E-state index >= 15 is 0 Å². The number of ether oxygens (including phenoxy) is 2. The van der Waals surface area contributed by atoms with Crippen LogP contribution >= 0.6 is 0 Å². The van der Waals surface area contributed by atoms with Crippen LogP contribution in [0.1, 0.15) is 60.3 Å². The van der Waals surface area contributed by atoms with Crippen molar-refractivity contribution >= 4 is 16.9 Å². The first-order chi connectivity index (χ1) is 17.8. The van der Waals surface area contributed by atoms with Crippen molar-refractivity contribution in [1.29, 1.82) is 0 Å². The van der Waals surface area contributed by atoms with Gasteiger partial charge in [-0.3, -0.25) is 4.79 Å². The average Bonchev–Trinajstić information content (AvgIpc) is 3.28. The molecule has 1 heterocycles. The summed E-state index contributed by atoms with van der Waals surface area (Å²) < 4.78 is 11.7. The van der Waals surface area contributed by atoms with Crippen molar-refractivity contribution in [1.82, 2.24) is 10.0 Å². The van der Waals surface area contributed by atoms with E-state index in [0.29, 0.717) is 23.2 Å². The van der Waals surface area contributed by atoms with Crippen molar-refractivity contribution in [3.63, 3.8) is 0 Å². The first-order valence-electron chi connectivity index (χ1n) is 12.8. The summed E-state index contributed by atoms with van der Waals surface area (Å²) in [5.41, 5.74) is 6.78. The molecule has 0 fully saturated rings. The Morgan fingerprint density at radius 3 is 2.35 bits per heavy atom. The highest BCUT2D eigenvalue weighted by atomic mass is 16.7. The van der Waals surface area contributed by atoms with Crippen LogP contribution in [-0.4, -0.2) is 42.3 Å². The van der Waals surface area contributed by atoms with Crippen molar-refractivity contribution in [3.05, 3.63) is 74.1 Å².